The zero-order valence-corrected chi connectivity index (χ0v) is 21.4. The van der Waals surface area contributed by atoms with Gasteiger partial charge in [-0.25, -0.2) is 4.79 Å². The minimum absolute atomic E-state index is 0.0500. The lowest BCUT2D eigenvalue weighted by Crippen LogP contribution is -2.12. The number of benzene rings is 4. The van der Waals surface area contributed by atoms with Crippen LogP contribution in [0.25, 0.3) is 21.8 Å². The molecule has 4 aromatic carbocycles. The average Bonchev–Trinajstić information content (AvgIpc) is 3.25. The second kappa shape index (κ2) is 11.2. The van der Waals surface area contributed by atoms with Crippen molar-refractivity contribution in [1.82, 2.24) is 4.57 Å². The van der Waals surface area contributed by atoms with E-state index in [0.29, 0.717) is 29.5 Å². The monoisotopic (exact) mass is 564 g/mol. The van der Waals surface area contributed by atoms with E-state index in [9.17, 15) is 22.8 Å². The first-order chi connectivity index (χ1) is 19.6. The molecular formula is C30H23F3N2O6. The fourth-order valence-electron chi connectivity index (χ4n) is 4.63. The molecule has 0 atom stereocenters. The largest absolute Gasteiger partial charge is 0.489 e. The molecule has 0 saturated carbocycles. The lowest BCUT2D eigenvalue weighted by atomic mass is 10.0. The molecule has 0 radical (unpaired) electrons. The fourth-order valence-corrected chi connectivity index (χ4v) is 4.63. The topological polar surface area (TPSA) is 113 Å². The number of aromatic nitrogens is 1. The minimum Gasteiger partial charge on any atom is -0.489 e. The van der Waals surface area contributed by atoms with E-state index in [-0.39, 0.29) is 28.4 Å². The standard InChI is InChI=1S/C30H23F3N2O6/c31-30(32,33)20-13-24-28(25(14-20)41-40-17-26(36)37)27-22(29(34)38)10-5-11-23(27)35(24)15-19-8-4-9-21(12-19)39-16-18-6-2-1-3-7-18/h1-14H,15-17H2,(H2,34,38)(H,36,37). The summed E-state index contributed by atoms with van der Waals surface area (Å²) >= 11 is 0. The zero-order chi connectivity index (χ0) is 29.1. The molecule has 0 aliphatic heterocycles. The minimum atomic E-state index is -4.77. The van der Waals surface area contributed by atoms with Crippen LogP contribution in [0.1, 0.15) is 27.0 Å². The Labute approximate surface area is 231 Å². The number of nitrogens with zero attached hydrogens (tertiary/aromatic N) is 1. The van der Waals surface area contributed by atoms with Crippen LogP contribution < -0.4 is 15.4 Å². The summed E-state index contributed by atoms with van der Waals surface area (Å²) in [6.45, 7) is -0.496. The predicted octanol–water partition coefficient (Wildman–Crippen LogP) is 5.93. The van der Waals surface area contributed by atoms with Crippen molar-refractivity contribution < 1.29 is 42.4 Å². The number of fused-ring (bicyclic) bond motifs is 3. The lowest BCUT2D eigenvalue weighted by Gasteiger charge is -2.13. The van der Waals surface area contributed by atoms with Crippen LogP contribution >= 0.6 is 0 Å². The number of hydrogen-bond donors (Lipinski definition) is 2. The molecule has 1 amide bonds. The second-order valence-electron chi connectivity index (χ2n) is 9.18. The first kappa shape index (κ1) is 27.5. The molecule has 5 aromatic rings. The van der Waals surface area contributed by atoms with Gasteiger partial charge in [-0.1, -0.05) is 48.5 Å². The smallest absolute Gasteiger partial charge is 0.416 e. The number of carbonyl (C=O) groups is 2. The Morgan fingerprint density at radius 3 is 2.29 bits per heavy atom. The number of rotatable bonds is 10. The molecular weight excluding hydrogens is 541 g/mol. The normalized spacial score (nSPS) is 11.6. The summed E-state index contributed by atoms with van der Waals surface area (Å²) in [7, 11) is 0. The van der Waals surface area contributed by atoms with Gasteiger partial charge in [0.1, 0.15) is 12.4 Å². The molecule has 0 spiro atoms. The fraction of sp³-hybridized carbons (Fsp3) is 0.133. The maximum atomic E-state index is 14.0. The van der Waals surface area contributed by atoms with Crippen LogP contribution in [-0.4, -0.2) is 28.2 Å². The number of hydrogen-bond acceptors (Lipinski definition) is 5. The zero-order valence-electron chi connectivity index (χ0n) is 21.4. The highest BCUT2D eigenvalue weighted by atomic mass is 19.4. The first-order valence-corrected chi connectivity index (χ1v) is 12.3. The van der Waals surface area contributed by atoms with E-state index in [1.54, 1.807) is 41.0 Å². The van der Waals surface area contributed by atoms with Crippen LogP contribution in [-0.2, 0) is 29.0 Å². The third-order valence-electron chi connectivity index (χ3n) is 6.37. The van der Waals surface area contributed by atoms with Gasteiger partial charge in [-0.15, -0.1) is 0 Å². The maximum absolute atomic E-state index is 14.0. The van der Waals surface area contributed by atoms with Gasteiger partial charge in [-0.05, 0) is 47.5 Å². The molecule has 0 aliphatic rings. The molecule has 0 unspecified atom stereocenters. The molecule has 0 saturated heterocycles. The number of alkyl halides is 3. The van der Waals surface area contributed by atoms with Crippen molar-refractivity contribution in [2.45, 2.75) is 19.3 Å². The van der Waals surface area contributed by atoms with Crippen LogP contribution in [0.4, 0.5) is 13.2 Å². The van der Waals surface area contributed by atoms with Crippen molar-refractivity contribution in [2.75, 3.05) is 6.61 Å². The van der Waals surface area contributed by atoms with E-state index in [4.69, 9.17) is 25.4 Å². The third-order valence-corrected chi connectivity index (χ3v) is 6.37. The SMILES string of the molecule is NC(=O)c1cccc2c1c1c(OOCC(=O)O)cc(C(F)(F)F)cc1n2Cc1cccc(OCc2ccccc2)c1. The molecule has 11 heteroatoms. The summed E-state index contributed by atoms with van der Waals surface area (Å²) in [5, 5.41) is 9.27. The third kappa shape index (κ3) is 5.94. The van der Waals surface area contributed by atoms with Gasteiger partial charge in [0.25, 0.3) is 0 Å². The summed E-state index contributed by atoms with van der Waals surface area (Å²) in [5.41, 5.74) is 6.79. The number of halogens is 3. The predicted molar refractivity (Wildman–Crippen MR) is 143 cm³/mol. The van der Waals surface area contributed by atoms with Gasteiger partial charge >= 0.3 is 12.1 Å². The number of ether oxygens (including phenoxy) is 1. The molecule has 3 N–H and O–H groups in total. The highest BCUT2D eigenvalue weighted by Gasteiger charge is 2.33. The Bertz CT molecular complexity index is 1750. The molecule has 1 heterocycles. The molecule has 210 valence electrons. The van der Waals surface area contributed by atoms with Gasteiger partial charge < -0.3 is 25.0 Å². The Morgan fingerprint density at radius 2 is 1.59 bits per heavy atom. The first-order valence-electron chi connectivity index (χ1n) is 12.3. The van der Waals surface area contributed by atoms with Crippen LogP contribution in [0.2, 0.25) is 0 Å². The van der Waals surface area contributed by atoms with Gasteiger partial charge in [0.15, 0.2) is 12.4 Å². The number of carbonyl (C=O) groups excluding carboxylic acids is 1. The van der Waals surface area contributed by atoms with Crippen molar-refractivity contribution in [3.63, 3.8) is 0 Å². The Balaban J connectivity index is 1.65. The summed E-state index contributed by atoms with van der Waals surface area (Å²) < 4.78 is 49.4. The Morgan fingerprint density at radius 1 is 0.854 bits per heavy atom. The second-order valence-corrected chi connectivity index (χ2v) is 9.18. The molecule has 8 nitrogen and oxygen atoms in total. The summed E-state index contributed by atoms with van der Waals surface area (Å²) in [5.74, 6) is -2.04. The van der Waals surface area contributed by atoms with E-state index >= 15 is 0 Å². The van der Waals surface area contributed by atoms with Crippen molar-refractivity contribution in [3.8, 4) is 11.5 Å². The molecule has 0 aliphatic carbocycles. The average molecular weight is 565 g/mol. The van der Waals surface area contributed by atoms with Crippen LogP contribution in [0.3, 0.4) is 0 Å². The number of primary amides is 1. The van der Waals surface area contributed by atoms with Crippen LogP contribution in [0.15, 0.2) is 84.9 Å². The molecule has 1 aromatic heterocycles. The summed E-state index contributed by atoms with van der Waals surface area (Å²) in [6, 6.07) is 23.0. The summed E-state index contributed by atoms with van der Waals surface area (Å²) in [6.07, 6.45) is -4.77. The molecule has 0 fully saturated rings. The van der Waals surface area contributed by atoms with Gasteiger partial charge in [0.2, 0.25) is 5.91 Å². The van der Waals surface area contributed by atoms with E-state index in [0.717, 1.165) is 11.6 Å². The highest BCUT2D eigenvalue weighted by Crippen LogP contribution is 2.42. The van der Waals surface area contributed by atoms with E-state index in [2.05, 4.69) is 0 Å². The number of nitrogens with two attached hydrogens (primary N) is 1. The number of carboxylic acids is 1. The lowest BCUT2D eigenvalue weighted by molar-refractivity contribution is -0.213. The van der Waals surface area contributed by atoms with Crippen molar-refractivity contribution in [3.05, 3.63) is 107 Å². The molecule has 5 rings (SSSR count). The van der Waals surface area contributed by atoms with Crippen molar-refractivity contribution >= 4 is 33.7 Å². The van der Waals surface area contributed by atoms with E-state index in [1.807, 2.05) is 30.3 Å². The van der Waals surface area contributed by atoms with Crippen LogP contribution in [0, 0.1) is 0 Å². The van der Waals surface area contributed by atoms with E-state index < -0.39 is 36.0 Å². The Kier molecular flexibility index (Phi) is 7.54. The van der Waals surface area contributed by atoms with Gasteiger partial charge in [0, 0.05) is 17.5 Å². The van der Waals surface area contributed by atoms with Crippen molar-refractivity contribution in [2.24, 2.45) is 5.73 Å². The van der Waals surface area contributed by atoms with Gasteiger partial charge in [0.05, 0.1) is 22.0 Å². The van der Waals surface area contributed by atoms with E-state index in [1.165, 1.54) is 6.07 Å². The molecule has 0 bridgehead atoms. The van der Waals surface area contributed by atoms with Crippen LogP contribution in [0.5, 0.6) is 11.5 Å². The summed E-state index contributed by atoms with van der Waals surface area (Å²) in [4.78, 5) is 33.1. The quantitative estimate of drug-likeness (QED) is 0.161. The van der Waals surface area contributed by atoms with Gasteiger partial charge in [-0.3, -0.25) is 4.79 Å². The molecule has 41 heavy (non-hydrogen) atoms. The number of amides is 1. The maximum Gasteiger partial charge on any atom is 0.416 e. The van der Waals surface area contributed by atoms with Gasteiger partial charge in [-0.2, -0.15) is 18.1 Å². The number of aliphatic carboxylic acids is 1. The number of carboxylic acid groups (broad SMARTS) is 1. The highest BCUT2D eigenvalue weighted by molar-refractivity contribution is 6.19. The Hall–Kier alpha value is -5.03. The van der Waals surface area contributed by atoms with Crippen molar-refractivity contribution in [1.29, 1.82) is 0 Å².